The quantitative estimate of drug-likeness (QED) is 0.785. The zero-order chi connectivity index (χ0) is 14.1. The number of aryl methyl sites for hydroxylation is 1. The van der Waals surface area contributed by atoms with Crippen LogP contribution >= 0.6 is 12.2 Å². The Morgan fingerprint density at radius 1 is 1.40 bits per heavy atom. The van der Waals surface area contributed by atoms with Crippen LogP contribution < -0.4 is 0 Å². The minimum atomic E-state index is -0.220. The zero-order valence-corrected chi connectivity index (χ0v) is 12.7. The van der Waals surface area contributed by atoms with Crippen molar-refractivity contribution < 1.29 is 4.39 Å². The summed E-state index contributed by atoms with van der Waals surface area (Å²) in [6, 6.07) is 4.84. The molecular weight excluding hydrogens is 271 g/mol. The SMILES string of the molecule is CC1CCCC(CCn2c(=S)[nH]c3cc(F)ccc32)C1. The fourth-order valence-electron chi connectivity index (χ4n) is 3.49. The predicted molar refractivity (Wildman–Crippen MR) is 82.8 cm³/mol. The molecule has 4 heteroatoms. The maximum Gasteiger partial charge on any atom is 0.178 e. The fraction of sp³-hybridized carbons (Fsp3) is 0.562. The first-order chi connectivity index (χ1) is 9.63. The Balaban J connectivity index is 1.77. The molecule has 1 aliphatic carbocycles. The summed E-state index contributed by atoms with van der Waals surface area (Å²) in [6.07, 6.45) is 6.58. The topological polar surface area (TPSA) is 20.7 Å². The molecule has 0 bridgehead atoms. The molecule has 20 heavy (non-hydrogen) atoms. The average Bonchev–Trinajstić information content (AvgIpc) is 2.71. The van der Waals surface area contributed by atoms with Gasteiger partial charge in [0.2, 0.25) is 0 Å². The smallest absolute Gasteiger partial charge is 0.178 e. The van der Waals surface area contributed by atoms with E-state index in [1.54, 1.807) is 0 Å². The van der Waals surface area contributed by atoms with Gasteiger partial charge in [-0.3, -0.25) is 0 Å². The van der Waals surface area contributed by atoms with E-state index in [0.29, 0.717) is 4.77 Å². The van der Waals surface area contributed by atoms with Crippen LogP contribution in [0.25, 0.3) is 11.0 Å². The third-order valence-electron chi connectivity index (χ3n) is 4.54. The van der Waals surface area contributed by atoms with E-state index in [2.05, 4.69) is 16.5 Å². The lowest BCUT2D eigenvalue weighted by Crippen LogP contribution is -2.15. The Labute approximate surface area is 124 Å². The molecule has 1 aromatic heterocycles. The van der Waals surface area contributed by atoms with Crippen LogP contribution in [0, 0.1) is 22.4 Å². The van der Waals surface area contributed by atoms with Crippen molar-refractivity contribution in [1.82, 2.24) is 9.55 Å². The van der Waals surface area contributed by atoms with Crippen molar-refractivity contribution in [3.05, 3.63) is 28.8 Å². The van der Waals surface area contributed by atoms with Gasteiger partial charge in [0, 0.05) is 6.54 Å². The zero-order valence-electron chi connectivity index (χ0n) is 11.9. The highest BCUT2D eigenvalue weighted by molar-refractivity contribution is 7.71. The number of imidazole rings is 1. The molecule has 3 rings (SSSR count). The molecule has 1 fully saturated rings. The maximum atomic E-state index is 13.2. The molecule has 108 valence electrons. The van der Waals surface area contributed by atoms with Crippen molar-refractivity contribution in [2.75, 3.05) is 0 Å². The predicted octanol–water partition coefficient (Wildman–Crippen LogP) is 5.05. The number of aromatic amines is 1. The van der Waals surface area contributed by atoms with Gasteiger partial charge in [0.25, 0.3) is 0 Å². The first-order valence-electron chi connectivity index (χ1n) is 7.51. The van der Waals surface area contributed by atoms with Crippen LogP contribution in [0.2, 0.25) is 0 Å². The van der Waals surface area contributed by atoms with Gasteiger partial charge in [-0.1, -0.05) is 26.2 Å². The number of hydrogen-bond donors (Lipinski definition) is 1. The van der Waals surface area contributed by atoms with Gasteiger partial charge in [0.15, 0.2) is 4.77 Å². The van der Waals surface area contributed by atoms with E-state index in [1.165, 1.54) is 44.2 Å². The molecule has 2 atom stereocenters. The van der Waals surface area contributed by atoms with Crippen LogP contribution in [0.3, 0.4) is 0 Å². The minimum Gasteiger partial charge on any atom is -0.330 e. The van der Waals surface area contributed by atoms with Gasteiger partial charge < -0.3 is 9.55 Å². The Morgan fingerprint density at radius 3 is 3.05 bits per heavy atom. The van der Waals surface area contributed by atoms with E-state index < -0.39 is 0 Å². The molecular formula is C16H21FN2S. The van der Waals surface area contributed by atoms with Crippen LogP contribution in [0.15, 0.2) is 18.2 Å². The second-order valence-electron chi connectivity index (χ2n) is 6.17. The van der Waals surface area contributed by atoms with Gasteiger partial charge in [-0.05, 0) is 55.1 Å². The van der Waals surface area contributed by atoms with Crippen molar-refractivity contribution in [3.8, 4) is 0 Å². The van der Waals surface area contributed by atoms with Gasteiger partial charge in [0.1, 0.15) is 5.82 Å². The number of rotatable bonds is 3. The molecule has 1 aliphatic rings. The fourth-order valence-corrected chi connectivity index (χ4v) is 3.79. The van der Waals surface area contributed by atoms with E-state index in [4.69, 9.17) is 12.2 Å². The molecule has 2 unspecified atom stereocenters. The van der Waals surface area contributed by atoms with Gasteiger partial charge in [0.05, 0.1) is 11.0 Å². The number of hydrogen-bond acceptors (Lipinski definition) is 1. The summed E-state index contributed by atoms with van der Waals surface area (Å²) in [7, 11) is 0. The highest BCUT2D eigenvalue weighted by Crippen LogP contribution is 2.31. The standard InChI is InChI=1S/C16H21FN2S/c1-11-3-2-4-12(9-11)7-8-19-15-6-5-13(17)10-14(15)18-16(19)20/h5-6,10-12H,2-4,7-9H2,1H3,(H,18,20). The van der Waals surface area contributed by atoms with Gasteiger partial charge in [-0.25, -0.2) is 4.39 Å². The highest BCUT2D eigenvalue weighted by atomic mass is 32.1. The van der Waals surface area contributed by atoms with Crippen LogP contribution in [0.1, 0.15) is 39.0 Å². The summed E-state index contributed by atoms with van der Waals surface area (Å²) in [4.78, 5) is 3.10. The van der Waals surface area contributed by atoms with E-state index in [9.17, 15) is 4.39 Å². The molecule has 0 aliphatic heterocycles. The second kappa shape index (κ2) is 5.68. The molecule has 1 saturated carbocycles. The van der Waals surface area contributed by atoms with Crippen molar-refractivity contribution in [3.63, 3.8) is 0 Å². The van der Waals surface area contributed by atoms with Gasteiger partial charge in [-0.2, -0.15) is 0 Å². The Morgan fingerprint density at radius 2 is 2.25 bits per heavy atom. The molecule has 0 spiro atoms. The monoisotopic (exact) mass is 292 g/mol. The summed E-state index contributed by atoms with van der Waals surface area (Å²) in [5.41, 5.74) is 1.81. The first-order valence-corrected chi connectivity index (χ1v) is 7.92. The maximum absolute atomic E-state index is 13.2. The van der Waals surface area contributed by atoms with Crippen LogP contribution in [0.5, 0.6) is 0 Å². The van der Waals surface area contributed by atoms with Crippen LogP contribution in [-0.4, -0.2) is 9.55 Å². The lowest BCUT2D eigenvalue weighted by atomic mass is 9.81. The molecule has 2 aromatic rings. The third-order valence-corrected chi connectivity index (χ3v) is 4.86. The molecule has 1 heterocycles. The van der Waals surface area contributed by atoms with E-state index >= 15 is 0 Å². The Bertz CT molecular complexity index is 658. The number of nitrogens with zero attached hydrogens (tertiary/aromatic N) is 1. The lowest BCUT2D eigenvalue weighted by molar-refractivity contribution is 0.261. The Kier molecular flexibility index (Phi) is 3.92. The van der Waals surface area contributed by atoms with E-state index in [1.807, 2.05) is 6.07 Å². The van der Waals surface area contributed by atoms with E-state index in [-0.39, 0.29) is 5.82 Å². The molecule has 0 amide bonds. The summed E-state index contributed by atoms with van der Waals surface area (Å²) in [5, 5.41) is 0. The number of fused-ring (bicyclic) bond motifs is 1. The molecule has 0 saturated heterocycles. The number of aromatic nitrogens is 2. The van der Waals surface area contributed by atoms with E-state index in [0.717, 1.165) is 29.4 Å². The minimum absolute atomic E-state index is 0.220. The third kappa shape index (κ3) is 2.80. The number of halogens is 1. The summed E-state index contributed by atoms with van der Waals surface area (Å²) in [5.74, 6) is 1.45. The normalized spacial score (nSPS) is 23.3. The second-order valence-corrected chi connectivity index (χ2v) is 6.56. The number of H-pyrrole nitrogens is 1. The first kappa shape index (κ1) is 13.8. The molecule has 1 aromatic carbocycles. The van der Waals surface area contributed by atoms with Gasteiger partial charge in [-0.15, -0.1) is 0 Å². The molecule has 1 N–H and O–H groups in total. The van der Waals surface area contributed by atoms with Crippen molar-refractivity contribution >= 4 is 23.3 Å². The number of nitrogens with one attached hydrogen (secondary N) is 1. The van der Waals surface area contributed by atoms with Crippen LogP contribution in [-0.2, 0) is 6.54 Å². The average molecular weight is 292 g/mol. The van der Waals surface area contributed by atoms with Crippen molar-refractivity contribution in [1.29, 1.82) is 0 Å². The summed E-state index contributed by atoms with van der Waals surface area (Å²) < 4.78 is 16.1. The highest BCUT2D eigenvalue weighted by Gasteiger charge is 2.19. The summed E-state index contributed by atoms with van der Waals surface area (Å²) in [6.45, 7) is 3.29. The number of benzene rings is 1. The van der Waals surface area contributed by atoms with Crippen LogP contribution in [0.4, 0.5) is 4.39 Å². The molecule has 0 radical (unpaired) electrons. The molecule has 2 nitrogen and oxygen atoms in total. The Hall–Kier alpha value is -1.16. The largest absolute Gasteiger partial charge is 0.330 e. The van der Waals surface area contributed by atoms with Gasteiger partial charge >= 0.3 is 0 Å². The lowest BCUT2D eigenvalue weighted by Gasteiger charge is -2.26. The summed E-state index contributed by atoms with van der Waals surface area (Å²) >= 11 is 5.37. The van der Waals surface area contributed by atoms with Crippen molar-refractivity contribution in [2.24, 2.45) is 11.8 Å². The van der Waals surface area contributed by atoms with Crippen molar-refractivity contribution in [2.45, 2.75) is 45.6 Å².